The lowest BCUT2D eigenvalue weighted by Gasteiger charge is -2.23. The van der Waals surface area contributed by atoms with Gasteiger partial charge in [0.2, 0.25) is 0 Å². The van der Waals surface area contributed by atoms with Crippen LogP contribution in [0.4, 0.5) is 0 Å². The van der Waals surface area contributed by atoms with Crippen LogP contribution in [-0.4, -0.2) is 17.5 Å². The second kappa shape index (κ2) is 6.65. The number of rotatable bonds is 7. The number of nitrogens with zero attached hydrogens (tertiary/aromatic N) is 1. The van der Waals surface area contributed by atoms with Crippen molar-refractivity contribution in [2.45, 2.75) is 37.9 Å². The molecule has 1 atom stereocenters. The van der Waals surface area contributed by atoms with E-state index in [0.717, 1.165) is 35.9 Å². The van der Waals surface area contributed by atoms with E-state index in [1.165, 1.54) is 12.8 Å². The number of halogens is 1. The Morgan fingerprint density at radius 1 is 1.24 bits per heavy atom. The first kappa shape index (κ1) is 14.6. The van der Waals surface area contributed by atoms with E-state index in [-0.39, 0.29) is 6.04 Å². The lowest BCUT2D eigenvalue weighted by atomic mass is 10.0. The maximum Gasteiger partial charge on any atom is 0.117 e. The SMILES string of the molecule is NC(CCN(Cc1ccco1)C1CC1)c1ccc(Cl)cc1. The number of furan rings is 1. The average molecular weight is 305 g/mol. The van der Waals surface area contributed by atoms with Gasteiger partial charge in [-0.1, -0.05) is 23.7 Å². The highest BCUT2D eigenvalue weighted by Gasteiger charge is 2.29. The molecule has 1 aromatic carbocycles. The van der Waals surface area contributed by atoms with E-state index in [1.807, 2.05) is 36.4 Å². The first-order chi connectivity index (χ1) is 10.2. The molecule has 3 rings (SSSR count). The summed E-state index contributed by atoms with van der Waals surface area (Å²) in [4.78, 5) is 2.48. The van der Waals surface area contributed by atoms with Crippen LogP contribution >= 0.6 is 11.6 Å². The van der Waals surface area contributed by atoms with E-state index in [2.05, 4.69) is 4.90 Å². The van der Waals surface area contributed by atoms with Crippen LogP contribution in [0.3, 0.4) is 0 Å². The molecule has 21 heavy (non-hydrogen) atoms. The predicted octanol–water partition coefficient (Wildman–Crippen LogP) is 3.99. The van der Waals surface area contributed by atoms with Crippen LogP contribution in [0.2, 0.25) is 5.02 Å². The molecule has 0 bridgehead atoms. The van der Waals surface area contributed by atoms with Gasteiger partial charge < -0.3 is 10.2 Å². The lowest BCUT2D eigenvalue weighted by Crippen LogP contribution is -2.29. The smallest absolute Gasteiger partial charge is 0.117 e. The van der Waals surface area contributed by atoms with Gasteiger partial charge in [0.1, 0.15) is 5.76 Å². The molecule has 1 fully saturated rings. The minimum Gasteiger partial charge on any atom is -0.468 e. The topological polar surface area (TPSA) is 42.4 Å². The summed E-state index contributed by atoms with van der Waals surface area (Å²) in [5.74, 6) is 1.03. The Labute approximate surface area is 130 Å². The Hall–Kier alpha value is -1.29. The minimum absolute atomic E-state index is 0.0557. The van der Waals surface area contributed by atoms with Gasteiger partial charge in [0.05, 0.1) is 12.8 Å². The molecule has 0 saturated heterocycles. The quantitative estimate of drug-likeness (QED) is 0.841. The molecule has 3 nitrogen and oxygen atoms in total. The molecule has 1 aromatic heterocycles. The fourth-order valence-corrected chi connectivity index (χ4v) is 2.74. The summed E-state index contributed by atoms with van der Waals surface area (Å²) >= 11 is 5.91. The molecule has 1 aliphatic carbocycles. The van der Waals surface area contributed by atoms with Gasteiger partial charge in [-0.3, -0.25) is 4.90 Å². The molecule has 0 amide bonds. The summed E-state index contributed by atoms with van der Waals surface area (Å²) in [6, 6.07) is 12.6. The van der Waals surface area contributed by atoms with Crippen LogP contribution < -0.4 is 5.73 Å². The molecular weight excluding hydrogens is 284 g/mol. The Morgan fingerprint density at radius 3 is 2.62 bits per heavy atom. The fraction of sp³-hybridized carbons (Fsp3) is 0.412. The van der Waals surface area contributed by atoms with Gasteiger partial charge in [0.15, 0.2) is 0 Å². The Morgan fingerprint density at radius 2 is 2.00 bits per heavy atom. The summed E-state index contributed by atoms with van der Waals surface area (Å²) in [7, 11) is 0. The van der Waals surface area contributed by atoms with Crippen LogP contribution in [-0.2, 0) is 6.54 Å². The third kappa shape index (κ3) is 4.10. The van der Waals surface area contributed by atoms with Gasteiger partial charge in [0, 0.05) is 23.7 Å². The fourth-order valence-electron chi connectivity index (χ4n) is 2.61. The van der Waals surface area contributed by atoms with Crippen molar-refractivity contribution in [3.05, 3.63) is 59.0 Å². The van der Waals surface area contributed by atoms with Crippen molar-refractivity contribution in [2.75, 3.05) is 6.54 Å². The van der Waals surface area contributed by atoms with Crippen molar-refractivity contribution in [1.29, 1.82) is 0 Å². The van der Waals surface area contributed by atoms with Crippen molar-refractivity contribution in [3.63, 3.8) is 0 Å². The second-order valence-corrected chi connectivity index (χ2v) is 6.16. The van der Waals surface area contributed by atoms with E-state index in [0.29, 0.717) is 6.04 Å². The second-order valence-electron chi connectivity index (χ2n) is 5.73. The molecule has 1 heterocycles. The Balaban J connectivity index is 1.55. The highest BCUT2D eigenvalue weighted by Crippen LogP contribution is 2.29. The maximum atomic E-state index is 6.29. The molecule has 0 radical (unpaired) electrons. The highest BCUT2D eigenvalue weighted by molar-refractivity contribution is 6.30. The van der Waals surface area contributed by atoms with Crippen molar-refractivity contribution < 1.29 is 4.42 Å². The largest absolute Gasteiger partial charge is 0.468 e. The van der Waals surface area contributed by atoms with Gasteiger partial charge >= 0.3 is 0 Å². The number of nitrogens with two attached hydrogens (primary N) is 1. The summed E-state index contributed by atoms with van der Waals surface area (Å²) < 4.78 is 5.46. The lowest BCUT2D eigenvalue weighted by molar-refractivity contribution is 0.225. The van der Waals surface area contributed by atoms with Gasteiger partial charge in [-0.2, -0.15) is 0 Å². The molecular formula is C17H21ClN2O. The molecule has 0 spiro atoms. The molecule has 0 aliphatic heterocycles. The van der Waals surface area contributed by atoms with E-state index in [4.69, 9.17) is 21.8 Å². The van der Waals surface area contributed by atoms with E-state index < -0.39 is 0 Å². The zero-order chi connectivity index (χ0) is 14.7. The van der Waals surface area contributed by atoms with Crippen molar-refractivity contribution in [3.8, 4) is 0 Å². The third-order valence-electron chi connectivity index (χ3n) is 4.03. The van der Waals surface area contributed by atoms with Crippen LogP contribution in [0.5, 0.6) is 0 Å². The summed E-state index contributed by atoms with van der Waals surface area (Å²) in [5, 5.41) is 0.753. The molecule has 1 unspecified atom stereocenters. The Kier molecular flexibility index (Phi) is 4.63. The van der Waals surface area contributed by atoms with E-state index >= 15 is 0 Å². The molecule has 112 valence electrons. The first-order valence-corrected chi connectivity index (χ1v) is 7.87. The average Bonchev–Trinajstić information content (AvgIpc) is 3.21. The summed E-state index contributed by atoms with van der Waals surface area (Å²) in [5.41, 5.74) is 7.44. The highest BCUT2D eigenvalue weighted by atomic mass is 35.5. The van der Waals surface area contributed by atoms with Crippen LogP contribution in [0, 0.1) is 0 Å². The molecule has 1 saturated carbocycles. The zero-order valence-corrected chi connectivity index (χ0v) is 12.8. The van der Waals surface area contributed by atoms with Crippen molar-refractivity contribution in [2.24, 2.45) is 5.73 Å². The van der Waals surface area contributed by atoms with Crippen molar-refractivity contribution >= 4 is 11.6 Å². The first-order valence-electron chi connectivity index (χ1n) is 7.50. The van der Waals surface area contributed by atoms with Gasteiger partial charge in [0.25, 0.3) is 0 Å². The van der Waals surface area contributed by atoms with Gasteiger partial charge in [-0.25, -0.2) is 0 Å². The molecule has 2 aromatic rings. The Bertz CT molecular complexity index is 549. The standard InChI is InChI=1S/C17H21ClN2O/c18-14-5-3-13(4-6-14)17(19)9-10-20(15-7-8-15)12-16-2-1-11-21-16/h1-6,11,15,17H,7-10,12,19H2. The number of hydrogen-bond acceptors (Lipinski definition) is 3. The van der Waals surface area contributed by atoms with Crippen LogP contribution in [0.1, 0.15) is 36.6 Å². The zero-order valence-electron chi connectivity index (χ0n) is 12.0. The molecule has 4 heteroatoms. The van der Waals surface area contributed by atoms with Gasteiger partial charge in [-0.15, -0.1) is 0 Å². The minimum atomic E-state index is 0.0557. The normalized spacial score (nSPS) is 16.3. The van der Waals surface area contributed by atoms with E-state index in [1.54, 1.807) is 6.26 Å². The third-order valence-corrected chi connectivity index (χ3v) is 4.28. The van der Waals surface area contributed by atoms with E-state index in [9.17, 15) is 0 Å². The monoisotopic (exact) mass is 304 g/mol. The number of hydrogen-bond donors (Lipinski definition) is 1. The van der Waals surface area contributed by atoms with Crippen LogP contribution in [0.25, 0.3) is 0 Å². The summed E-state index contributed by atoms with van der Waals surface area (Å²) in [6.07, 6.45) is 5.26. The summed E-state index contributed by atoms with van der Waals surface area (Å²) in [6.45, 7) is 1.88. The van der Waals surface area contributed by atoms with Crippen molar-refractivity contribution in [1.82, 2.24) is 4.90 Å². The number of benzene rings is 1. The predicted molar refractivity (Wildman–Crippen MR) is 85.1 cm³/mol. The molecule has 2 N–H and O–H groups in total. The van der Waals surface area contributed by atoms with Crippen LogP contribution in [0.15, 0.2) is 47.1 Å². The van der Waals surface area contributed by atoms with Gasteiger partial charge in [-0.05, 0) is 49.1 Å². The molecule has 1 aliphatic rings. The maximum absolute atomic E-state index is 6.29.